The van der Waals surface area contributed by atoms with Crippen LogP contribution in [0.15, 0.2) is 0 Å². The van der Waals surface area contributed by atoms with Crippen molar-refractivity contribution in [1.29, 1.82) is 0 Å². The number of likely N-dealkylation sites (tertiary alicyclic amines) is 1. The average Bonchev–Trinajstić information content (AvgIpc) is 2.98. The van der Waals surface area contributed by atoms with Gasteiger partial charge in [-0.05, 0) is 25.8 Å². The lowest BCUT2D eigenvalue weighted by molar-refractivity contribution is -0.119. The molecule has 1 amide bonds. The number of amides is 1. The zero-order valence-corrected chi connectivity index (χ0v) is 12.6. The van der Waals surface area contributed by atoms with Gasteiger partial charge in [-0.25, -0.2) is 0 Å². The molecule has 0 radical (unpaired) electrons. The fourth-order valence-electron chi connectivity index (χ4n) is 3.84. The lowest BCUT2D eigenvalue weighted by atomic mass is 9.86. The Kier molecular flexibility index (Phi) is 4.37. The van der Waals surface area contributed by atoms with Gasteiger partial charge in [0.15, 0.2) is 0 Å². The van der Waals surface area contributed by atoms with E-state index >= 15 is 0 Å². The van der Waals surface area contributed by atoms with Gasteiger partial charge in [-0.1, -0.05) is 19.3 Å². The molecular formula is C15H26N2OS. The smallest absolute Gasteiger partial charge is 0.220 e. The summed E-state index contributed by atoms with van der Waals surface area (Å²) in [4.78, 5) is 14.0. The van der Waals surface area contributed by atoms with Crippen LogP contribution in [0.1, 0.15) is 44.9 Å². The van der Waals surface area contributed by atoms with E-state index in [0.717, 1.165) is 24.8 Å². The third-order valence-corrected chi connectivity index (χ3v) is 6.39. The SMILES string of the molecule is O=C1C[C@@]2(CCN(CCSC3CCCCC3)C2)CN1. The summed E-state index contributed by atoms with van der Waals surface area (Å²) in [5.74, 6) is 1.54. The van der Waals surface area contributed by atoms with E-state index in [2.05, 4.69) is 22.0 Å². The van der Waals surface area contributed by atoms with Crippen LogP contribution in [0.25, 0.3) is 0 Å². The van der Waals surface area contributed by atoms with Gasteiger partial charge in [-0.2, -0.15) is 11.8 Å². The van der Waals surface area contributed by atoms with Crippen molar-refractivity contribution in [3.63, 3.8) is 0 Å². The molecule has 0 aromatic rings. The molecule has 3 nitrogen and oxygen atoms in total. The summed E-state index contributed by atoms with van der Waals surface area (Å²) in [6.45, 7) is 4.46. The monoisotopic (exact) mass is 282 g/mol. The van der Waals surface area contributed by atoms with E-state index in [1.807, 2.05) is 0 Å². The van der Waals surface area contributed by atoms with Gasteiger partial charge in [0.25, 0.3) is 0 Å². The topological polar surface area (TPSA) is 32.3 Å². The van der Waals surface area contributed by atoms with Crippen LogP contribution in [0.4, 0.5) is 0 Å². The molecule has 2 saturated heterocycles. The van der Waals surface area contributed by atoms with Crippen molar-refractivity contribution >= 4 is 17.7 Å². The summed E-state index contributed by atoms with van der Waals surface area (Å²) < 4.78 is 0. The second kappa shape index (κ2) is 6.04. The number of hydrogen-bond acceptors (Lipinski definition) is 3. The van der Waals surface area contributed by atoms with Gasteiger partial charge in [0.1, 0.15) is 0 Å². The second-order valence-corrected chi connectivity index (χ2v) is 8.02. The molecule has 19 heavy (non-hydrogen) atoms. The highest BCUT2D eigenvalue weighted by Gasteiger charge is 2.43. The van der Waals surface area contributed by atoms with Gasteiger partial charge in [0.2, 0.25) is 5.91 Å². The van der Waals surface area contributed by atoms with E-state index in [9.17, 15) is 4.79 Å². The largest absolute Gasteiger partial charge is 0.355 e. The van der Waals surface area contributed by atoms with Crippen LogP contribution in [-0.2, 0) is 4.79 Å². The maximum Gasteiger partial charge on any atom is 0.220 e. The fraction of sp³-hybridized carbons (Fsp3) is 0.933. The minimum Gasteiger partial charge on any atom is -0.355 e. The Labute approximate surface area is 120 Å². The van der Waals surface area contributed by atoms with Gasteiger partial charge in [-0.15, -0.1) is 0 Å². The van der Waals surface area contributed by atoms with Crippen LogP contribution in [0.2, 0.25) is 0 Å². The van der Waals surface area contributed by atoms with E-state index in [4.69, 9.17) is 0 Å². The van der Waals surface area contributed by atoms with E-state index in [1.165, 1.54) is 57.4 Å². The maximum atomic E-state index is 11.4. The molecule has 0 aromatic carbocycles. The Morgan fingerprint density at radius 3 is 2.89 bits per heavy atom. The summed E-state index contributed by atoms with van der Waals surface area (Å²) in [5.41, 5.74) is 0.284. The van der Waals surface area contributed by atoms with E-state index in [0.29, 0.717) is 0 Å². The molecule has 1 spiro atoms. The van der Waals surface area contributed by atoms with Crippen molar-refractivity contribution in [2.75, 3.05) is 31.9 Å². The Morgan fingerprint density at radius 1 is 1.32 bits per heavy atom. The van der Waals surface area contributed by atoms with Crippen molar-refractivity contribution in [3.05, 3.63) is 0 Å². The standard InChI is InChI=1S/C15H26N2OS/c18-14-10-15(11-16-14)6-7-17(12-15)8-9-19-13-4-2-1-3-5-13/h13H,1-12H2,(H,16,18)/t15-/m0/s1. The van der Waals surface area contributed by atoms with Gasteiger partial charge < -0.3 is 10.2 Å². The average molecular weight is 282 g/mol. The zero-order chi connectivity index (χ0) is 13.1. The second-order valence-electron chi connectivity index (χ2n) is 6.61. The molecule has 0 bridgehead atoms. The summed E-state index contributed by atoms with van der Waals surface area (Å²) in [7, 11) is 0. The molecule has 2 heterocycles. The van der Waals surface area contributed by atoms with Gasteiger partial charge in [0.05, 0.1) is 0 Å². The lowest BCUT2D eigenvalue weighted by Crippen LogP contribution is -2.30. The van der Waals surface area contributed by atoms with Crippen LogP contribution in [0, 0.1) is 5.41 Å². The first-order valence-corrected chi connectivity index (χ1v) is 8.91. The molecule has 2 aliphatic heterocycles. The quantitative estimate of drug-likeness (QED) is 0.858. The van der Waals surface area contributed by atoms with Crippen molar-refractivity contribution in [2.45, 2.75) is 50.2 Å². The van der Waals surface area contributed by atoms with Gasteiger partial charge >= 0.3 is 0 Å². The first kappa shape index (κ1) is 13.7. The Bertz CT molecular complexity index is 330. The van der Waals surface area contributed by atoms with E-state index in [-0.39, 0.29) is 11.3 Å². The number of rotatable bonds is 4. The molecule has 3 aliphatic rings. The normalized spacial score (nSPS) is 33.2. The number of carbonyl (C=O) groups excluding carboxylic acids is 1. The summed E-state index contributed by atoms with van der Waals surface area (Å²) in [6.07, 6.45) is 9.18. The Morgan fingerprint density at radius 2 is 2.16 bits per heavy atom. The van der Waals surface area contributed by atoms with Gasteiger partial charge in [-0.3, -0.25) is 4.79 Å². The minimum atomic E-state index is 0.262. The summed E-state index contributed by atoms with van der Waals surface area (Å²) in [6, 6.07) is 0. The third-order valence-electron chi connectivity index (χ3n) is 5.03. The van der Waals surface area contributed by atoms with E-state index < -0.39 is 0 Å². The molecule has 1 saturated carbocycles. The van der Waals surface area contributed by atoms with Crippen LogP contribution >= 0.6 is 11.8 Å². The predicted octanol–water partition coefficient (Wildman–Crippen LogP) is 2.26. The molecule has 3 rings (SSSR count). The predicted molar refractivity (Wildman–Crippen MR) is 80.4 cm³/mol. The Hall–Kier alpha value is -0.220. The maximum absolute atomic E-state index is 11.4. The highest BCUT2D eigenvalue weighted by atomic mass is 32.2. The number of nitrogens with one attached hydrogen (secondary N) is 1. The highest BCUT2D eigenvalue weighted by molar-refractivity contribution is 7.99. The molecule has 3 fully saturated rings. The fourth-order valence-corrected chi connectivity index (χ4v) is 5.20. The molecule has 0 aromatic heterocycles. The lowest BCUT2D eigenvalue weighted by Gasteiger charge is -2.24. The highest BCUT2D eigenvalue weighted by Crippen LogP contribution is 2.36. The first-order valence-electron chi connectivity index (χ1n) is 7.87. The zero-order valence-electron chi connectivity index (χ0n) is 11.8. The van der Waals surface area contributed by atoms with Crippen LogP contribution in [0.3, 0.4) is 0 Å². The molecule has 1 aliphatic carbocycles. The van der Waals surface area contributed by atoms with Crippen LogP contribution in [-0.4, -0.2) is 48.0 Å². The summed E-state index contributed by atoms with van der Waals surface area (Å²) in [5, 5.41) is 3.94. The molecule has 1 N–H and O–H groups in total. The van der Waals surface area contributed by atoms with Gasteiger partial charge in [0, 0.05) is 42.5 Å². The molecule has 0 unspecified atom stereocenters. The summed E-state index contributed by atoms with van der Waals surface area (Å²) >= 11 is 2.19. The number of hydrogen-bond donors (Lipinski definition) is 1. The van der Waals surface area contributed by atoms with Crippen LogP contribution < -0.4 is 5.32 Å². The number of thioether (sulfide) groups is 1. The Balaban J connectivity index is 1.36. The molecular weight excluding hydrogens is 256 g/mol. The minimum absolute atomic E-state index is 0.262. The number of nitrogens with zero attached hydrogens (tertiary/aromatic N) is 1. The van der Waals surface area contributed by atoms with Crippen molar-refractivity contribution in [3.8, 4) is 0 Å². The van der Waals surface area contributed by atoms with Crippen molar-refractivity contribution in [1.82, 2.24) is 10.2 Å². The van der Waals surface area contributed by atoms with Crippen molar-refractivity contribution in [2.24, 2.45) is 5.41 Å². The molecule has 108 valence electrons. The third kappa shape index (κ3) is 3.46. The first-order chi connectivity index (χ1) is 9.26. The van der Waals surface area contributed by atoms with Crippen LogP contribution in [0.5, 0.6) is 0 Å². The van der Waals surface area contributed by atoms with Crippen molar-refractivity contribution < 1.29 is 4.79 Å². The van der Waals surface area contributed by atoms with E-state index in [1.54, 1.807) is 0 Å². The molecule has 4 heteroatoms. The molecule has 1 atom stereocenters. The number of carbonyl (C=O) groups is 1.